The summed E-state index contributed by atoms with van der Waals surface area (Å²) in [4.78, 5) is 2.50. The fourth-order valence-electron chi connectivity index (χ4n) is 3.86. The maximum absolute atomic E-state index is 6.10. The van der Waals surface area contributed by atoms with E-state index in [4.69, 9.17) is 14.2 Å². The average molecular weight is 368 g/mol. The molecule has 1 N–H and O–H groups in total. The van der Waals surface area contributed by atoms with E-state index in [-0.39, 0.29) is 6.10 Å². The minimum atomic E-state index is 0.114. The highest BCUT2D eigenvalue weighted by Gasteiger charge is 2.26. The molecule has 0 spiro atoms. The van der Waals surface area contributed by atoms with Gasteiger partial charge >= 0.3 is 0 Å². The molecule has 0 aromatic heterocycles. The van der Waals surface area contributed by atoms with Crippen molar-refractivity contribution in [1.82, 2.24) is 4.90 Å². The van der Waals surface area contributed by atoms with Crippen molar-refractivity contribution < 1.29 is 14.2 Å². The Morgan fingerprint density at radius 3 is 2.59 bits per heavy atom. The van der Waals surface area contributed by atoms with Gasteiger partial charge in [0.2, 0.25) is 0 Å². The van der Waals surface area contributed by atoms with Crippen LogP contribution in [0.15, 0.2) is 48.5 Å². The lowest BCUT2D eigenvalue weighted by atomic mass is 9.96. The standard InChI is InChI=1S/C22H28N2O3/c1-25-20-7-3-2-6-19(20)23-14-17-10-12-24(13-11-17)15-18-16-26-21-8-4-5-9-22(21)27-18/h2-9,17-18,23H,10-16H2,1H3/t18-/m1/s1. The van der Waals surface area contributed by atoms with Crippen LogP contribution in [0.2, 0.25) is 0 Å². The Bertz CT molecular complexity index is 744. The zero-order valence-corrected chi connectivity index (χ0v) is 15.9. The van der Waals surface area contributed by atoms with Gasteiger partial charge in [0.1, 0.15) is 18.5 Å². The third-order valence-corrected chi connectivity index (χ3v) is 5.42. The molecule has 144 valence electrons. The highest BCUT2D eigenvalue weighted by molar-refractivity contribution is 5.56. The van der Waals surface area contributed by atoms with Gasteiger partial charge in [-0.3, -0.25) is 4.90 Å². The van der Waals surface area contributed by atoms with Gasteiger partial charge in [0.15, 0.2) is 11.5 Å². The molecule has 2 heterocycles. The van der Waals surface area contributed by atoms with Crippen LogP contribution in [0.4, 0.5) is 5.69 Å². The molecule has 2 aromatic rings. The molecule has 5 nitrogen and oxygen atoms in total. The lowest BCUT2D eigenvalue weighted by Crippen LogP contribution is -2.44. The molecule has 0 aliphatic carbocycles. The number of nitrogens with zero attached hydrogens (tertiary/aromatic N) is 1. The minimum absolute atomic E-state index is 0.114. The van der Waals surface area contributed by atoms with Crippen molar-refractivity contribution in [3.05, 3.63) is 48.5 Å². The number of rotatable bonds is 6. The lowest BCUT2D eigenvalue weighted by Gasteiger charge is -2.35. The molecule has 0 bridgehead atoms. The van der Waals surface area contributed by atoms with Crippen LogP contribution in [-0.2, 0) is 0 Å². The van der Waals surface area contributed by atoms with Crippen molar-refractivity contribution in [2.75, 3.05) is 45.2 Å². The van der Waals surface area contributed by atoms with Crippen LogP contribution in [-0.4, -0.2) is 50.9 Å². The molecule has 27 heavy (non-hydrogen) atoms. The maximum atomic E-state index is 6.10. The first-order valence-corrected chi connectivity index (χ1v) is 9.79. The fraction of sp³-hybridized carbons (Fsp3) is 0.455. The Balaban J connectivity index is 1.22. The summed E-state index contributed by atoms with van der Waals surface area (Å²) >= 11 is 0. The summed E-state index contributed by atoms with van der Waals surface area (Å²) in [5, 5.41) is 3.55. The molecule has 5 heteroatoms. The Morgan fingerprint density at radius 1 is 1.04 bits per heavy atom. The van der Waals surface area contributed by atoms with E-state index in [1.165, 1.54) is 12.8 Å². The molecule has 0 radical (unpaired) electrons. The van der Waals surface area contributed by atoms with Crippen molar-refractivity contribution in [3.8, 4) is 17.2 Å². The van der Waals surface area contributed by atoms with Crippen LogP contribution in [0.5, 0.6) is 17.2 Å². The van der Waals surface area contributed by atoms with E-state index in [0.717, 1.165) is 49.1 Å². The monoisotopic (exact) mass is 368 g/mol. The molecule has 1 atom stereocenters. The van der Waals surface area contributed by atoms with Crippen molar-refractivity contribution in [1.29, 1.82) is 0 Å². The first-order valence-electron chi connectivity index (χ1n) is 9.79. The number of para-hydroxylation sites is 4. The molecule has 1 fully saturated rings. The summed E-state index contributed by atoms with van der Waals surface area (Å²) in [5.74, 6) is 3.32. The molecule has 1 saturated heterocycles. The van der Waals surface area contributed by atoms with Gasteiger partial charge in [-0.05, 0) is 56.1 Å². The Morgan fingerprint density at radius 2 is 1.78 bits per heavy atom. The smallest absolute Gasteiger partial charge is 0.161 e. The summed E-state index contributed by atoms with van der Waals surface area (Å²) in [6.45, 7) is 4.78. The number of likely N-dealkylation sites (tertiary alicyclic amines) is 1. The van der Waals surface area contributed by atoms with Crippen LogP contribution in [0, 0.1) is 5.92 Å². The highest BCUT2D eigenvalue weighted by atomic mass is 16.6. The van der Waals surface area contributed by atoms with E-state index in [2.05, 4.69) is 16.3 Å². The van der Waals surface area contributed by atoms with Crippen LogP contribution < -0.4 is 19.5 Å². The number of fused-ring (bicyclic) bond motifs is 1. The Hall–Kier alpha value is -2.40. The first-order chi connectivity index (χ1) is 13.3. The van der Waals surface area contributed by atoms with Gasteiger partial charge in [-0.1, -0.05) is 24.3 Å². The van der Waals surface area contributed by atoms with Gasteiger partial charge in [-0.2, -0.15) is 0 Å². The van der Waals surface area contributed by atoms with Crippen LogP contribution in [0.3, 0.4) is 0 Å². The number of anilines is 1. The van der Waals surface area contributed by atoms with Crippen molar-refractivity contribution in [3.63, 3.8) is 0 Å². The van der Waals surface area contributed by atoms with Crippen molar-refractivity contribution >= 4 is 5.69 Å². The lowest BCUT2D eigenvalue weighted by molar-refractivity contribution is 0.0485. The number of hydrogen-bond donors (Lipinski definition) is 1. The molecule has 2 aromatic carbocycles. The predicted molar refractivity (Wildman–Crippen MR) is 107 cm³/mol. The molecular formula is C22H28N2O3. The summed E-state index contributed by atoms with van der Waals surface area (Å²) in [5.41, 5.74) is 1.08. The van der Waals surface area contributed by atoms with Crippen LogP contribution in [0.1, 0.15) is 12.8 Å². The summed E-state index contributed by atoms with van der Waals surface area (Å²) in [6.07, 6.45) is 2.52. The summed E-state index contributed by atoms with van der Waals surface area (Å²) in [7, 11) is 1.72. The largest absolute Gasteiger partial charge is 0.495 e. The molecule has 2 aliphatic rings. The van der Waals surface area contributed by atoms with E-state index in [1.54, 1.807) is 7.11 Å². The van der Waals surface area contributed by atoms with Crippen LogP contribution >= 0.6 is 0 Å². The second-order valence-electron chi connectivity index (χ2n) is 7.32. The molecule has 0 saturated carbocycles. The predicted octanol–water partition coefficient (Wildman–Crippen LogP) is 3.66. The van der Waals surface area contributed by atoms with E-state index >= 15 is 0 Å². The van der Waals surface area contributed by atoms with Gasteiger partial charge in [0, 0.05) is 13.1 Å². The Labute approximate surface area is 161 Å². The van der Waals surface area contributed by atoms with Gasteiger partial charge < -0.3 is 19.5 Å². The second kappa shape index (κ2) is 8.53. The van der Waals surface area contributed by atoms with Crippen LogP contribution in [0.25, 0.3) is 0 Å². The van der Waals surface area contributed by atoms with Gasteiger partial charge in [0.25, 0.3) is 0 Å². The minimum Gasteiger partial charge on any atom is -0.495 e. The van der Waals surface area contributed by atoms with Gasteiger partial charge in [-0.15, -0.1) is 0 Å². The molecule has 0 unspecified atom stereocenters. The molecular weight excluding hydrogens is 340 g/mol. The third kappa shape index (κ3) is 4.48. The number of ether oxygens (including phenoxy) is 3. The van der Waals surface area contributed by atoms with Gasteiger partial charge in [-0.25, -0.2) is 0 Å². The fourth-order valence-corrected chi connectivity index (χ4v) is 3.86. The number of nitrogens with one attached hydrogen (secondary N) is 1. The molecule has 4 rings (SSSR count). The van der Waals surface area contributed by atoms with E-state index < -0.39 is 0 Å². The quantitative estimate of drug-likeness (QED) is 0.843. The first kappa shape index (κ1) is 18.0. The number of benzene rings is 2. The number of piperidine rings is 1. The zero-order chi connectivity index (χ0) is 18.5. The summed E-state index contributed by atoms with van der Waals surface area (Å²) < 4.78 is 17.3. The zero-order valence-electron chi connectivity index (χ0n) is 15.9. The topological polar surface area (TPSA) is 43.0 Å². The average Bonchev–Trinajstić information content (AvgIpc) is 2.73. The van der Waals surface area contributed by atoms with E-state index in [0.29, 0.717) is 12.5 Å². The third-order valence-electron chi connectivity index (χ3n) is 5.42. The number of methoxy groups -OCH3 is 1. The summed E-state index contributed by atoms with van der Waals surface area (Å²) in [6, 6.07) is 16.0. The van der Waals surface area contributed by atoms with E-state index in [9.17, 15) is 0 Å². The maximum Gasteiger partial charge on any atom is 0.161 e. The highest BCUT2D eigenvalue weighted by Crippen LogP contribution is 2.31. The molecule has 0 amide bonds. The van der Waals surface area contributed by atoms with Crippen molar-refractivity contribution in [2.24, 2.45) is 5.92 Å². The van der Waals surface area contributed by atoms with Gasteiger partial charge in [0.05, 0.1) is 12.8 Å². The van der Waals surface area contributed by atoms with Crippen molar-refractivity contribution in [2.45, 2.75) is 18.9 Å². The van der Waals surface area contributed by atoms with E-state index in [1.807, 2.05) is 42.5 Å². The second-order valence-corrected chi connectivity index (χ2v) is 7.32. The number of hydrogen-bond acceptors (Lipinski definition) is 5. The normalized spacial score (nSPS) is 20.3. The SMILES string of the molecule is COc1ccccc1NCC1CCN(C[C@@H]2COc3ccccc3O2)CC1. The molecule has 2 aliphatic heterocycles. The Kier molecular flexibility index (Phi) is 5.68.